The molecule has 0 saturated heterocycles. The van der Waals surface area contributed by atoms with E-state index in [0.29, 0.717) is 0 Å². The zero-order chi connectivity index (χ0) is 14.8. The third-order valence-electron chi connectivity index (χ3n) is 3.19. The molecule has 1 N–H and O–H groups in total. The molecule has 0 aliphatic carbocycles. The highest BCUT2D eigenvalue weighted by molar-refractivity contribution is 7.09. The average molecular weight is 298 g/mol. The topological polar surface area (TPSA) is 34.1 Å². The Kier molecular flexibility index (Phi) is 8.34. The van der Waals surface area contributed by atoms with Gasteiger partial charge in [0.25, 0.3) is 0 Å². The fraction of sp³-hybridized carbons (Fsp3) is 0.812. The predicted molar refractivity (Wildman–Crippen MR) is 87.6 cm³/mol. The van der Waals surface area contributed by atoms with Crippen LogP contribution >= 0.6 is 11.3 Å². The van der Waals surface area contributed by atoms with Crippen molar-refractivity contribution in [2.75, 3.05) is 19.8 Å². The Bertz CT molecular complexity index is 358. The standard InChI is InChI=1S/C16H30N2OS/c1-14-15(20-13-17-14)9-12-19-11-8-6-5-7-10-18-16(2,3)4/h13,18H,5-12H2,1-4H3. The van der Waals surface area contributed by atoms with E-state index in [4.69, 9.17) is 4.74 Å². The Balaban J connectivity index is 1.85. The summed E-state index contributed by atoms with van der Waals surface area (Å²) < 4.78 is 5.69. The minimum absolute atomic E-state index is 0.248. The van der Waals surface area contributed by atoms with Gasteiger partial charge in [-0.2, -0.15) is 0 Å². The van der Waals surface area contributed by atoms with Crippen LogP contribution in [0, 0.1) is 6.92 Å². The Hall–Kier alpha value is -0.450. The molecule has 20 heavy (non-hydrogen) atoms. The molecule has 0 spiro atoms. The normalized spacial score (nSPS) is 12.0. The summed E-state index contributed by atoms with van der Waals surface area (Å²) in [6, 6.07) is 0. The smallest absolute Gasteiger partial charge is 0.0797 e. The molecular formula is C16H30N2OS. The fourth-order valence-corrected chi connectivity index (χ4v) is 2.74. The van der Waals surface area contributed by atoms with Crippen molar-refractivity contribution < 1.29 is 4.74 Å². The lowest BCUT2D eigenvalue weighted by molar-refractivity contribution is 0.133. The van der Waals surface area contributed by atoms with Crippen molar-refractivity contribution in [1.82, 2.24) is 10.3 Å². The van der Waals surface area contributed by atoms with Crippen molar-refractivity contribution >= 4 is 11.3 Å². The van der Waals surface area contributed by atoms with Crippen molar-refractivity contribution in [3.8, 4) is 0 Å². The van der Waals surface area contributed by atoms with Gasteiger partial charge in [0.1, 0.15) is 0 Å². The molecule has 1 heterocycles. The maximum Gasteiger partial charge on any atom is 0.0797 e. The van der Waals surface area contributed by atoms with E-state index in [1.807, 2.05) is 5.51 Å². The molecule has 0 saturated carbocycles. The van der Waals surface area contributed by atoms with Crippen LogP contribution in [0.5, 0.6) is 0 Å². The fourth-order valence-electron chi connectivity index (χ4n) is 1.98. The quantitative estimate of drug-likeness (QED) is 0.664. The molecule has 1 rings (SSSR count). The first kappa shape index (κ1) is 17.6. The highest BCUT2D eigenvalue weighted by Crippen LogP contribution is 2.12. The summed E-state index contributed by atoms with van der Waals surface area (Å²) in [5.74, 6) is 0. The molecule has 0 aliphatic rings. The first-order valence-electron chi connectivity index (χ1n) is 7.71. The molecule has 3 nitrogen and oxygen atoms in total. The lowest BCUT2D eigenvalue weighted by atomic mass is 10.1. The molecule has 0 radical (unpaired) electrons. The van der Waals surface area contributed by atoms with Crippen molar-refractivity contribution in [3.05, 3.63) is 16.1 Å². The maximum atomic E-state index is 5.69. The van der Waals surface area contributed by atoms with E-state index in [9.17, 15) is 0 Å². The molecule has 0 amide bonds. The summed E-state index contributed by atoms with van der Waals surface area (Å²) in [6.07, 6.45) is 6.01. The van der Waals surface area contributed by atoms with Gasteiger partial charge < -0.3 is 10.1 Å². The Morgan fingerprint density at radius 1 is 1.15 bits per heavy atom. The van der Waals surface area contributed by atoms with Gasteiger partial charge in [0.05, 0.1) is 17.8 Å². The number of ether oxygens (including phenoxy) is 1. The monoisotopic (exact) mass is 298 g/mol. The molecule has 0 aliphatic heterocycles. The third-order valence-corrected chi connectivity index (χ3v) is 4.18. The number of hydrogen-bond donors (Lipinski definition) is 1. The molecule has 1 aromatic rings. The summed E-state index contributed by atoms with van der Waals surface area (Å²) in [4.78, 5) is 5.61. The summed E-state index contributed by atoms with van der Waals surface area (Å²) in [5, 5.41) is 3.52. The highest BCUT2D eigenvalue weighted by atomic mass is 32.1. The van der Waals surface area contributed by atoms with Crippen molar-refractivity contribution in [2.24, 2.45) is 0 Å². The highest BCUT2D eigenvalue weighted by Gasteiger charge is 2.06. The second-order valence-corrected chi connectivity index (χ2v) is 7.25. The average Bonchev–Trinajstić information content (AvgIpc) is 2.76. The zero-order valence-corrected chi connectivity index (χ0v) is 14.3. The lowest BCUT2D eigenvalue weighted by Gasteiger charge is -2.20. The van der Waals surface area contributed by atoms with Gasteiger partial charge in [-0.15, -0.1) is 11.3 Å². The van der Waals surface area contributed by atoms with Crippen LogP contribution in [-0.4, -0.2) is 30.3 Å². The van der Waals surface area contributed by atoms with Gasteiger partial charge in [0.15, 0.2) is 0 Å². The van der Waals surface area contributed by atoms with E-state index < -0.39 is 0 Å². The maximum absolute atomic E-state index is 5.69. The van der Waals surface area contributed by atoms with Crippen LogP contribution in [0.15, 0.2) is 5.51 Å². The SMILES string of the molecule is Cc1ncsc1CCOCCCCCCNC(C)(C)C. The van der Waals surface area contributed by atoms with Crippen LogP contribution in [0.1, 0.15) is 57.0 Å². The van der Waals surface area contributed by atoms with E-state index in [1.54, 1.807) is 11.3 Å². The number of nitrogens with one attached hydrogen (secondary N) is 1. The predicted octanol–water partition coefficient (Wildman–Crippen LogP) is 3.96. The Morgan fingerprint density at radius 2 is 1.90 bits per heavy atom. The van der Waals surface area contributed by atoms with Gasteiger partial charge in [-0.3, -0.25) is 0 Å². The first-order valence-corrected chi connectivity index (χ1v) is 8.59. The molecule has 0 unspecified atom stereocenters. The molecule has 4 heteroatoms. The molecular weight excluding hydrogens is 268 g/mol. The van der Waals surface area contributed by atoms with E-state index in [-0.39, 0.29) is 5.54 Å². The minimum atomic E-state index is 0.248. The number of aromatic nitrogens is 1. The van der Waals surface area contributed by atoms with Gasteiger partial charge in [-0.05, 0) is 47.1 Å². The van der Waals surface area contributed by atoms with Gasteiger partial charge in [0, 0.05) is 23.4 Å². The summed E-state index contributed by atoms with van der Waals surface area (Å²) in [5.41, 5.74) is 3.32. The number of unbranched alkanes of at least 4 members (excludes halogenated alkanes) is 3. The van der Waals surface area contributed by atoms with Crippen LogP contribution in [0.2, 0.25) is 0 Å². The molecule has 0 atom stereocenters. The molecule has 0 aromatic carbocycles. The van der Waals surface area contributed by atoms with Crippen LogP contribution in [0.4, 0.5) is 0 Å². The molecule has 1 aromatic heterocycles. The van der Waals surface area contributed by atoms with Crippen molar-refractivity contribution in [3.63, 3.8) is 0 Å². The number of thiazole rings is 1. The number of rotatable bonds is 10. The molecule has 0 fully saturated rings. The molecule has 116 valence electrons. The van der Waals surface area contributed by atoms with Crippen molar-refractivity contribution in [2.45, 2.75) is 65.3 Å². The Morgan fingerprint density at radius 3 is 2.55 bits per heavy atom. The Labute approximate surface area is 128 Å². The van der Waals surface area contributed by atoms with E-state index in [2.05, 4.69) is 38.0 Å². The van der Waals surface area contributed by atoms with Gasteiger partial charge in [-0.1, -0.05) is 12.8 Å². The van der Waals surface area contributed by atoms with E-state index >= 15 is 0 Å². The van der Waals surface area contributed by atoms with E-state index in [0.717, 1.165) is 31.9 Å². The zero-order valence-electron chi connectivity index (χ0n) is 13.5. The summed E-state index contributed by atoms with van der Waals surface area (Å²) in [7, 11) is 0. The second-order valence-electron chi connectivity index (χ2n) is 6.31. The first-order chi connectivity index (χ1) is 9.49. The minimum Gasteiger partial charge on any atom is -0.381 e. The second kappa shape index (κ2) is 9.48. The largest absolute Gasteiger partial charge is 0.381 e. The summed E-state index contributed by atoms with van der Waals surface area (Å²) in [6.45, 7) is 11.6. The van der Waals surface area contributed by atoms with Crippen LogP contribution < -0.4 is 5.32 Å². The number of aryl methyl sites for hydroxylation is 1. The van der Waals surface area contributed by atoms with Crippen LogP contribution in [0.3, 0.4) is 0 Å². The van der Waals surface area contributed by atoms with Crippen LogP contribution in [-0.2, 0) is 11.2 Å². The van der Waals surface area contributed by atoms with Gasteiger partial charge >= 0.3 is 0 Å². The summed E-state index contributed by atoms with van der Waals surface area (Å²) >= 11 is 1.73. The van der Waals surface area contributed by atoms with Crippen molar-refractivity contribution in [1.29, 1.82) is 0 Å². The lowest BCUT2D eigenvalue weighted by Crippen LogP contribution is -2.36. The third kappa shape index (κ3) is 8.67. The van der Waals surface area contributed by atoms with Crippen LogP contribution in [0.25, 0.3) is 0 Å². The number of hydrogen-bond acceptors (Lipinski definition) is 4. The van der Waals surface area contributed by atoms with Gasteiger partial charge in [0.2, 0.25) is 0 Å². The molecule has 0 bridgehead atoms. The van der Waals surface area contributed by atoms with E-state index in [1.165, 1.54) is 30.6 Å². The van der Waals surface area contributed by atoms with Gasteiger partial charge in [-0.25, -0.2) is 4.98 Å². The number of nitrogens with zero attached hydrogens (tertiary/aromatic N) is 1.